The minimum absolute atomic E-state index is 0.0830. The lowest BCUT2D eigenvalue weighted by molar-refractivity contribution is -0.144. The van der Waals surface area contributed by atoms with Crippen molar-refractivity contribution in [1.82, 2.24) is 5.32 Å². The fourth-order valence-corrected chi connectivity index (χ4v) is 5.37. The van der Waals surface area contributed by atoms with E-state index in [0.29, 0.717) is 29.1 Å². The highest BCUT2D eigenvalue weighted by atomic mass is 19.4. The van der Waals surface area contributed by atoms with Gasteiger partial charge in [0.2, 0.25) is 18.0 Å². The molecule has 224 valence electrons. The number of anilines is 1. The molecule has 2 aliphatic rings. The van der Waals surface area contributed by atoms with E-state index in [0.717, 1.165) is 25.0 Å². The third-order valence-corrected chi connectivity index (χ3v) is 7.69. The number of primary amides is 1. The SMILES string of the molecule is NC(=O)[C@@H](c1ccc(F)cc1)[C@@H](CCC(F)(F)F)C(=O)N[C@H]1N=C(c2ccccc2)c2ccccc2N(CC2CC2)C1=O. The number of aliphatic imine (C=N–C) groups is 1. The van der Waals surface area contributed by atoms with E-state index in [1.165, 1.54) is 12.1 Å². The Hall–Kier alpha value is -4.54. The molecule has 0 spiro atoms. The van der Waals surface area contributed by atoms with Gasteiger partial charge in [-0.3, -0.25) is 14.4 Å². The topological polar surface area (TPSA) is 105 Å². The van der Waals surface area contributed by atoms with Crippen molar-refractivity contribution in [1.29, 1.82) is 0 Å². The Morgan fingerprint density at radius 2 is 1.63 bits per heavy atom. The normalized spacial score (nSPS) is 18.2. The summed E-state index contributed by atoms with van der Waals surface area (Å²) in [7, 11) is 0. The fraction of sp³-hybridized carbons (Fsp3) is 0.312. The Morgan fingerprint density at radius 3 is 2.26 bits per heavy atom. The van der Waals surface area contributed by atoms with E-state index in [1.54, 1.807) is 41.3 Å². The maximum Gasteiger partial charge on any atom is 0.389 e. The summed E-state index contributed by atoms with van der Waals surface area (Å²) in [4.78, 5) is 46.7. The number of rotatable bonds is 10. The van der Waals surface area contributed by atoms with E-state index >= 15 is 0 Å². The summed E-state index contributed by atoms with van der Waals surface area (Å²) < 4.78 is 53.7. The molecular weight excluding hydrogens is 564 g/mol. The van der Waals surface area contributed by atoms with Gasteiger partial charge in [0.25, 0.3) is 5.91 Å². The van der Waals surface area contributed by atoms with Crippen LogP contribution in [0.3, 0.4) is 0 Å². The lowest BCUT2D eigenvalue weighted by Gasteiger charge is -2.28. The van der Waals surface area contributed by atoms with Crippen LogP contribution in [0.5, 0.6) is 0 Å². The summed E-state index contributed by atoms with van der Waals surface area (Å²) in [5, 5.41) is 2.55. The molecule has 5 rings (SSSR count). The van der Waals surface area contributed by atoms with Crippen molar-refractivity contribution >= 4 is 29.1 Å². The molecule has 1 saturated carbocycles. The molecule has 3 N–H and O–H groups in total. The number of benzene rings is 3. The van der Waals surface area contributed by atoms with Crippen LogP contribution in [0.25, 0.3) is 0 Å². The molecule has 3 atom stereocenters. The highest BCUT2D eigenvalue weighted by molar-refractivity contribution is 6.20. The van der Waals surface area contributed by atoms with Gasteiger partial charge in [-0.25, -0.2) is 9.38 Å². The molecule has 3 aromatic rings. The average Bonchev–Trinajstić information content (AvgIpc) is 3.81. The van der Waals surface area contributed by atoms with E-state index in [9.17, 15) is 31.9 Å². The summed E-state index contributed by atoms with van der Waals surface area (Å²) in [6.45, 7) is 0.386. The molecule has 1 aliphatic carbocycles. The van der Waals surface area contributed by atoms with Gasteiger partial charge < -0.3 is 16.0 Å². The first-order valence-corrected chi connectivity index (χ1v) is 14.0. The highest BCUT2D eigenvalue weighted by Gasteiger charge is 2.41. The number of nitrogens with two attached hydrogens (primary N) is 1. The van der Waals surface area contributed by atoms with Crippen LogP contribution in [-0.4, -0.2) is 42.3 Å². The van der Waals surface area contributed by atoms with Crippen LogP contribution in [0.2, 0.25) is 0 Å². The van der Waals surface area contributed by atoms with Crippen LogP contribution in [0.15, 0.2) is 83.9 Å². The van der Waals surface area contributed by atoms with Crippen LogP contribution in [0.4, 0.5) is 23.2 Å². The van der Waals surface area contributed by atoms with Gasteiger partial charge in [-0.15, -0.1) is 0 Å². The second-order valence-corrected chi connectivity index (χ2v) is 10.9. The Kier molecular flexibility index (Phi) is 8.61. The van der Waals surface area contributed by atoms with Gasteiger partial charge in [-0.05, 0) is 48.9 Å². The van der Waals surface area contributed by atoms with Gasteiger partial charge in [-0.1, -0.05) is 60.7 Å². The molecule has 43 heavy (non-hydrogen) atoms. The van der Waals surface area contributed by atoms with Crippen molar-refractivity contribution in [3.05, 3.63) is 101 Å². The molecular formula is C32H30F4N4O3. The summed E-state index contributed by atoms with van der Waals surface area (Å²) in [5.41, 5.74) is 8.06. The number of nitrogens with zero attached hydrogens (tertiary/aromatic N) is 2. The number of carbonyl (C=O) groups excluding carboxylic acids is 3. The Balaban J connectivity index is 1.55. The molecule has 3 amide bonds. The Morgan fingerprint density at radius 1 is 0.977 bits per heavy atom. The molecule has 1 heterocycles. The zero-order chi connectivity index (χ0) is 30.7. The van der Waals surface area contributed by atoms with Crippen LogP contribution in [-0.2, 0) is 14.4 Å². The first-order valence-electron chi connectivity index (χ1n) is 14.0. The molecule has 1 aliphatic heterocycles. The van der Waals surface area contributed by atoms with Gasteiger partial charge >= 0.3 is 6.18 Å². The molecule has 0 radical (unpaired) electrons. The number of hydrogen-bond donors (Lipinski definition) is 2. The molecule has 0 saturated heterocycles. The molecule has 0 unspecified atom stereocenters. The second-order valence-electron chi connectivity index (χ2n) is 10.9. The molecule has 7 nitrogen and oxygen atoms in total. The lowest BCUT2D eigenvalue weighted by atomic mass is 9.81. The first kappa shape index (κ1) is 29.9. The van der Waals surface area contributed by atoms with Crippen molar-refractivity contribution in [2.45, 2.75) is 43.9 Å². The van der Waals surface area contributed by atoms with Crippen LogP contribution in [0, 0.1) is 17.7 Å². The smallest absolute Gasteiger partial charge is 0.369 e. The van der Waals surface area contributed by atoms with Crippen molar-refractivity contribution in [2.24, 2.45) is 22.6 Å². The number of halogens is 4. The van der Waals surface area contributed by atoms with E-state index < -0.39 is 60.6 Å². The number of benzodiazepines with no additional fused rings is 1. The molecule has 0 aromatic heterocycles. The lowest BCUT2D eigenvalue weighted by Crippen LogP contribution is -2.51. The number of nitrogens with one attached hydrogen (secondary N) is 1. The van der Waals surface area contributed by atoms with Gasteiger partial charge in [0.1, 0.15) is 5.82 Å². The predicted molar refractivity (Wildman–Crippen MR) is 153 cm³/mol. The molecule has 0 bridgehead atoms. The van der Waals surface area contributed by atoms with Crippen molar-refractivity contribution in [2.75, 3.05) is 11.4 Å². The first-order chi connectivity index (χ1) is 20.5. The average molecular weight is 595 g/mol. The van der Waals surface area contributed by atoms with Crippen molar-refractivity contribution in [3.63, 3.8) is 0 Å². The van der Waals surface area contributed by atoms with Crippen LogP contribution in [0.1, 0.15) is 48.3 Å². The zero-order valence-electron chi connectivity index (χ0n) is 23.1. The quantitative estimate of drug-likeness (QED) is 0.320. The van der Waals surface area contributed by atoms with Crippen LogP contribution >= 0.6 is 0 Å². The van der Waals surface area contributed by atoms with E-state index in [2.05, 4.69) is 10.3 Å². The van der Waals surface area contributed by atoms with E-state index in [1.807, 2.05) is 18.2 Å². The monoisotopic (exact) mass is 594 g/mol. The summed E-state index contributed by atoms with van der Waals surface area (Å²) in [5.74, 6) is -6.10. The third-order valence-electron chi connectivity index (χ3n) is 7.69. The van der Waals surface area contributed by atoms with Gasteiger partial charge in [0.05, 0.1) is 23.2 Å². The highest BCUT2D eigenvalue weighted by Crippen LogP contribution is 2.36. The zero-order valence-corrected chi connectivity index (χ0v) is 23.1. The minimum Gasteiger partial charge on any atom is -0.369 e. The second kappa shape index (κ2) is 12.4. The fourth-order valence-electron chi connectivity index (χ4n) is 5.37. The number of hydrogen-bond acceptors (Lipinski definition) is 4. The Bertz CT molecular complexity index is 1520. The standard InChI is InChI=1S/C32H30F4N4O3/c33-22-14-12-20(13-15-22)26(28(37)41)24(16-17-32(34,35)36)30(42)39-29-31(43)40(18-19-10-11-19)25-9-5-4-8-23(25)27(38-29)21-6-2-1-3-7-21/h1-9,12-15,19,24,26,29H,10-11,16-18H2,(H2,37,41)(H,39,42)/t24-,26+,29-/m1/s1. The maximum atomic E-state index is 14.0. The van der Waals surface area contributed by atoms with Gasteiger partial charge in [0, 0.05) is 24.1 Å². The third kappa shape index (κ3) is 7.10. The number of para-hydroxylation sites is 1. The molecule has 1 fully saturated rings. The Labute approximate surface area is 245 Å². The number of carbonyl (C=O) groups is 3. The summed E-state index contributed by atoms with van der Waals surface area (Å²) >= 11 is 0. The van der Waals surface area contributed by atoms with Gasteiger partial charge in [-0.2, -0.15) is 13.2 Å². The summed E-state index contributed by atoms with van der Waals surface area (Å²) in [6.07, 6.45) is -6.43. The van der Waals surface area contributed by atoms with Crippen molar-refractivity contribution in [3.8, 4) is 0 Å². The maximum absolute atomic E-state index is 14.0. The van der Waals surface area contributed by atoms with E-state index in [-0.39, 0.29) is 11.5 Å². The van der Waals surface area contributed by atoms with Crippen molar-refractivity contribution < 1.29 is 31.9 Å². The van der Waals surface area contributed by atoms with E-state index in [4.69, 9.17) is 5.73 Å². The van der Waals surface area contributed by atoms with Gasteiger partial charge in [0.15, 0.2) is 0 Å². The van der Waals surface area contributed by atoms with Crippen LogP contribution < -0.4 is 16.0 Å². The number of amides is 3. The molecule has 3 aromatic carbocycles. The number of fused-ring (bicyclic) bond motifs is 1. The predicted octanol–water partition coefficient (Wildman–Crippen LogP) is 5.09. The largest absolute Gasteiger partial charge is 0.389 e. The minimum atomic E-state index is -4.64. The summed E-state index contributed by atoms with van der Waals surface area (Å²) in [6, 6.07) is 20.7. The molecule has 11 heteroatoms. The number of alkyl halides is 3.